The third-order valence-electron chi connectivity index (χ3n) is 6.11. The van der Waals surface area contributed by atoms with Gasteiger partial charge in [0.05, 0.1) is 18.1 Å². The number of rotatable bonds is 4. The smallest absolute Gasteiger partial charge is 0.274 e. The summed E-state index contributed by atoms with van der Waals surface area (Å²) < 4.78 is 2.81. The number of aromatic nitrogens is 5. The van der Waals surface area contributed by atoms with Crippen LogP contribution in [-0.2, 0) is 11.3 Å². The second kappa shape index (κ2) is 8.07. The van der Waals surface area contributed by atoms with Gasteiger partial charge in [-0.1, -0.05) is 18.2 Å². The van der Waals surface area contributed by atoms with Crippen LogP contribution in [0.4, 0.5) is 0 Å². The van der Waals surface area contributed by atoms with E-state index < -0.39 is 0 Å². The number of nitrogens with one attached hydrogen (secondary N) is 1. The molecule has 9 nitrogen and oxygen atoms in total. The molecule has 1 atom stereocenters. The van der Waals surface area contributed by atoms with Crippen molar-refractivity contribution in [3.8, 4) is 0 Å². The highest BCUT2D eigenvalue weighted by molar-refractivity contribution is 5.80. The molecule has 1 N–H and O–H groups in total. The third-order valence-corrected chi connectivity index (χ3v) is 6.11. The quantitative estimate of drug-likeness (QED) is 0.530. The number of nitrogens with zero attached hydrogens (tertiary/aromatic N) is 5. The molecule has 1 fully saturated rings. The van der Waals surface area contributed by atoms with E-state index in [2.05, 4.69) is 15.2 Å². The molecular weight excluding hydrogens is 408 g/mol. The number of aryl methyl sites for hydroxylation is 2. The van der Waals surface area contributed by atoms with Crippen LogP contribution in [0.3, 0.4) is 0 Å². The van der Waals surface area contributed by atoms with Crippen molar-refractivity contribution in [2.45, 2.75) is 38.6 Å². The fourth-order valence-corrected chi connectivity index (χ4v) is 4.44. The van der Waals surface area contributed by atoms with E-state index in [1.54, 1.807) is 19.2 Å². The highest BCUT2D eigenvalue weighted by atomic mass is 16.2. The van der Waals surface area contributed by atoms with Gasteiger partial charge in [0, 0.05) is 54.3 Å². The molecule has 4 heterocycles. The van der Waals surface area contributed by atoms with Crippen molar-refractivity contribution in [1.82, 2.24) is 29.3 Å². The van der Waals surface area contributed by atoms with Crippen LogP contribution in [0, 0.1) is 6.92 Å². The van der Waals surface area contributed by atoms with Crippen molar-refractivity contribution in [3.05, 3.63) is 74.7 Å². The molecule has 1 aliphatic rings. The first-order chi connectivity index (χ1) is 15.5. The molecule has 5 rings (SSSR count). The molecule has 0 radical (unpaired) electrons. The minimum absolute atomic E-state index is 0.00111. The Morgan fingerprint density at radius 3 is 2.94 bits per heavy atom. The molecule has 164 valence electrons. The molecule has 9 heteroatoms. The van der Waals surface area contributed by atoms with Gasteiger partial charge in [0.15, 0.2) is 5.65 Å². The number of H-pyrrole nitrogens is 1. The largest absolute Gasteiger partial charge is 0.342 e. The predicted octanol–water partition coefficient (Wildman–Crippen LogP) is 1.84. The SMILES string of the molecule is Cc1cc(=O)n2[nH]c(C3CCCN(C(=O)CCn4ncc5ccccc5c4=O)C3)cc2n1. The Balaban J connectivity index is 1.29. The van der Waals surface area contributed by atoms with Gasteiger partial charge in [-0.3, -0.25) is 19.5 Å². The van der Waals surface area contributed by atoms with E-state index in [0.717, 1.165) is 23.9 Å². The summed E-state index contributed by atoms with van der Waals surface area (Å²) in [6.45, 7) is 3.30. The normalized spacial score (nSPS) is 16.7. The summed E-state index contributed by atoms with van der Waals surface area (Å²) in [5.74, 6) is 0.106. The van der Waals surface area contributed by atoms with Crippen molar-refractivity contribution in [2.75, 3.05) is 13.1 Å². The molecule has 1 amide bonds. The number of hydrogen-bond acceptors (Lipinski definition) is 5. The Morgan fingerprint density at radius 2 is 2.06 bits per heavy atom. The average Bonchev–Trinajstić information content (AvgIpc) is 3.23. The number of likely N-dealkylation sites (tertiary alicyclic amines) is 1. The predicted molar refractivity (Wildman–Crippen MR) is 120 cm³/mol. The maximum absolute atomic E-state index is 12.9. The number of aromatic amines is 1. The van der Waals surface area contributed by atoms with Crippen molar-refractivity contribution < 1.29 is 4.79 Å². The van der Waals surface area contributed by atoms with Crippen molar-refractivity contribution >= 4 is 22.3 Å². The number of piperidine rings is 1. The van der Waals surface area contributed by atoms with Crippen LogP contribution in [0.1, 0.15) is 36.6 Å². The van der Waals surface area contributed by atoms with Gasteiger partial charge in [0.2, 0.25) is 5.91 Å². The molecule has 4 aromatic rings. The van der Waals surface area contributed by atoms with E-state index in [9.17, 15) is 14.4 Å². The van der Waals surface area contributed by atoms with Gasteiger partial charge in [-0.15, -0.1) is 0 Å². The summed E-state index contributed by atoms with van der Waals surface area (Å²) in [5.41, 5.74) is 1.86. The summed E-state index contributed by atoms with van der Waals surface area (Å²) in [5, 5.41) is 8.76. The Bertz CT molecular complexity index is 1430. The second-order valence-electron chi connectivity index (χ2n) is 8.33. The Morgan fingerprint density at radius 1 is 1.22 bits per heavy atom. The van der Waals surface area contributed by atoms with E-state index in [1.807, 2.05) is 29.2 Å². The van der Waals surface area contributed by atoms with Crippen molar-refractivity contribution in [1.29, 1.82) is 0 Å². The van der Waals surface area contributed by atoms with E-state index in [-0.39, 0.29) is 35.9 Å². The zero-order valence-corrected chi connectivity index (χ0v) is 17.8. The molecular formula is C23H24N6O3. The molecule has 0 spiro atoms. The van der Waals surface area contributed by atoms with Gasteiger partial charge in [-0.05, 0) is 25.8 Å². The second-order valence-corrected chi connectivity index (χ2v) is 8.33. The minimum atomic E-state index is -0.182. The lowest BCUT2D eigenvalue weighted by atomic mass is 9.94. The van der Waals surface area contributed by atoms with E-state index >= 15 is 0 Å². The first-order valence-corrected chi connectivity index (χ1v) is 10.8. The summed E-state index contributed by atoms with van der Waals surface area (Å²) in [4.78, 5) is 44.0. The molecule has 0 aliphatic carbocycles. The average molecular weight is 432 g/mol. The van der Waals surface area contributed by atoms with Crippen LogP contribution in [0.2, 0.25) is 0 Å². The van der Waals surface area contributed by atoms with E-state index in [4.69, 9.17) is 0 Å². The lowest BCUT2D eigenvalue weighted by Crippen LogP contribution is -2.40. The highest BCUT2D eigenvalue weighted by Gasteiger charge is 2.26. The number of amides is 1. The Labute approximate surface area is 183 Å². The molecule has 1 aliphatic heterocycles. The summed E-state index contributed by atoms with van der Waals surface area (Å²) in [7, 11) is 0. The van der Waals surface area contributed by atoms with Crippen LogP contribution in [-0.4, -0.2) is 48.3 Å². The van der Waals surface area contributed by atoms with E-state index in [0.29, 0.717) is 29.8 Å². The monoisotopic (exact) mass is 432 g/mol. The number of hydrogen-bond donors (Lipinski definition) is 1. The Kier molecular flexibility index (Phi) is 5.08. The molecule has 1 unspecified atom stereocenters. The van der Waals surface area contributed by atoms with Gasteiger partial charge in [0.1, 0.15) is 0 Å². The molecule has 1 saturated heterocycles. The van der Waals surface area contributed by atoms with Gasteiger partial charge in [-0.2, -0.15) is 5.10 Å². The molecule has 0 bridgehead atoms. The van der Waals surface area contributed by atoms with Crippen molar-refractivity contribution in [3.63, 3.8) is 0 Å². The maximum atomic E-state index is 12.9. The van der Waals surface area contributed by atoms with Crippen LogP contribution < -0.4 is 11.1 Å². The lowest BCUT2D eigenvalue weighted by Gasteiger charge is -2.32. The fraction of sp³-hybridized carbons (Fsp3) is 0.348. The standard InChI is InChI=1S/C23H24N6O3/c1-15-11-22(31)29-20(25-15)12-19(26-29)17-6-4-9-27(14-17)21(30)8-10-28-23(32)18-7-3-2-5-16(18)13-24-28/h2-3,5,7,11-13,17,26H,4,6,8-10,14H2,1H3. The third kappa shape index (κ3) is 3.70. The summed E-state index contributed by atoms with van der Waals surface area (Å²) in [6, 6.07) is 10.7. The van der Waals surface area contributed by atoms with Crippen LogP contribution in [0.5, 0.6) is 0 Å². The summed E-state index contributed by atoms with van der Waals surface area (Å²) in [6.07, 6.45) is 3.67. The fourth-order valence-electron chi connectivity index (χ4n) is 4.44. The van der Waals surface area contributed by atoms with Crippen LogP contribution >= 0.6 is 0 Å². The van der Waals surface area contributed by atoms with Gasteiger partial charge in [0.25, 0.3) is 11.1 Å². The molecule has 3 aromatic heterocycles. The summed E-state index contributed by atoms with van der Waals surface area (Å²) >= 11 is 0. The topological polar surface area (TPSA) is 105 Å². The van der Waals surface area contributed by atoms with Gasteiger partial charge in [-0.25, -0.2) is 14.2 Å². The maximum Gasteiger partial charge on any atom is 0.274 e. The number of benzene rings is 1. The minimum Gasteiger partial charge on any atom is -0.342 e. The molecule has 0 saturated carbocycles. The first kappa shape index (κ1) is 20.2. The number of carbonyl (C=O) groups is 1. The molecule has 32 heavy (non-hydrogen) atoms. The first-order valence-electron chi connectivity index (χ1n) is 10.8. The van der Waals surface area contributed by atoms with Crippen LogP contribution in [0.15, 0.2) is 52.2 Å². The van der Waals surface area contributed by atoms with Gasteiger partial charge >= 0.3 is 0 Å². The zero-order chi connectivity index (χ0) is 22.2. The zero-order valence-electron chi connectivity index (χ0n) is 17.8. The molecule has 1 aromatic carbocycles. The van der Waals surface area contributed by atoms with E-state index in [1.165, 1.54) is 15.3 Å². The van der Waals surface area contributed by atoms with Crippen molar-refractivity contribution in [2.24, 2.45) is 0 Å². The lowest BCUT2D eigenvalue weighted by molar-refractivity contribution is -0.132. The highest BCUT2D eigenvalue weighted by Crippen LogP contribution is 2.26. The van der Waals surface area contributed by atoms with Gasteiger partial charge < -0.3 is 4.90 Å². The Hall–Kier alpha value is -3.75. The van der Waals surface area contributed by atoms with Crippen LogP contribution in [0.25, 0.3) is 16.4 Å². The number of carbonyl (C=O) groups excluding carboxylic acids is 1. The number of fused-ring (bicyclic) bond motifs is 2.